The van der Waals surface area contributed by atoms with Gasteiger partial charge in [0.05, 0.1) is 19.2 Å². The molecule has 0 fully saturated rings. The SMILES string of the molecule is COC(=O)c1cccc2c1CCN2CC(C)=O. The Hall–Kier alpha value is -1.84. The van der Waals surface area contributed by atoms with Crippen molar-refractivity contribution in [3.63, 3.8) is 0 Å². The molecule has 0 saturated carbocycles. The summed E-state index contributed by atoms with van der Waals surface area (Å²) in [5.41, 5.74) is 2.57. The van der Waals surface area contributed by atoms with Crippen molar-refractivity contribution in [2.75, 3.05) is 25.1 Å². The summed E-state index contributed by atoms with van der Waals surface area (Å²) in [5, 5.41) is 0. The largest absolute Gasteiger partial charge is 0.465 e. The third kappa shape index (κ3) is 2.16. The smallest absolute Gasteiger partial charge is 0.338 e. The molecular formula is C13H15NO3. The van der Waals surface area contributed by atoms with Gasteiger partial charge in [-0.2, -0.15) is 0 Å². The van der Waals surface area contributed by atoms with Gasteiger partial charge < -0.3 is 9.64 Å². The van der Waals surface area contributed by atoms with Crippen molar-refractivity contribution in [2.24, 2.45) is 0 Å². The van der Waals surface area contributed by atoms with Crippen LogP contribution in [-0.2, 0) is 16.0 Å². The lowest BCUT2D eigenvalue weighted by molar-refractivity contribution is -0.115. The Kier molecular flexibility index (Phi) is 3.13. The van der Waals surface area contributed by atoms with Crippen molar-refractivity contribution >= 4 is 17.4 Å². The molecule has 0 unspecified atom stereocenters. The van der Waals surface area contributed by atoms with Gasteiger partial charge in [-0.25, -0.2) is 4.79 Å². The summed E-state index contributed by atoms with van der Waals surface area (Å²) in [6, 6.07) is 5.53. The molecule has 1 aliphatic rings. The molecule has 0 aliphatic carbocycles. The van der Waals surface area contributed by atoms with Crippen LogP contribution >= 0.6 is 0 Å². The van der Waals surface area contributed by atoms with Crippen LogP contribution in [0.3, 0.4) is 0 Å². The average molecular weight is 233 g/mol. The molecule has 0 N–H and O–H groups in total. The van der Waals surface area contributed by atoms with E-state index >= 15 is 0 Å². The number of methoxy groups -OCH3 is 1. The maximum absolute atomic E-state index is 11.6. The molecule has 0 spiro atoms. The first-order valence-electron chi connectivity index (χ1n) is 5.58. The third-order valence-electron chi connectivity index (χ3n) is 2.94. The first-order chi connectivity index (χ1) is 8.13. The fraction of sp³-hybridized carbons (Fsp3) is 0.385. The number of ether oxygens (including phenoxy) is 1. The molecule has 0 saturated heterocycles. The van der Waals surface area contributed by atoms with Crippen LogP contribution in [0.2, 0.25) is 0 Å². The number of ketones is 1. The highest BCUT2D eigenvalue weighted by Crippen LogP contribution is 2.30. The van der Waals surface area contributed by atoms with E-state index in [1.54, 1.807) is 13.0 Å². The number of fused-ring (bicyclic) bond motifs is 1. The summed E-state index contributed by atoms with van der Waals surface area (Å²) in [7, 11) is 1.38. The number of carbonyl (C=O) groups is 2. The summed E-state index contributed by atoms with van der Waals surface area (Å²) in [5.74, 6) is -0.187. The number of hydrogen-bond donors (Lipinski definition) is 0. The quantitative estimate of drug-likeness (QED) is 0.741. The van der Waals surface area contributed by atoms with Crippen molar-refractivity contribution in [3.05, 3.63) is 29.3 Å². The highest BCUT2D eigenvalue weighted by molar-refractivity contribution is 5.94. The third-order valence-corrected chi connectivity index (χ3v) is 2.94. The van der Waals surface area contributed by atoms with E-state index in [0.717, 1.165) is 24.2 Å². The van der Waals surface area contributed by atoms with E-state index < -0.39 is 0 Å². The lowest BCUT2D eigenvalue weighted by atomic mass is 10.1. The molecule has 90 valence electrons. The number of nitrogens with zero attached hydrogens (tertiary/aromatic N) is 1. The highest BCUT2D eigenvalue weighted by Gasteiger charge is 2.24. The number of Topliss-reactive ketones (excluding diaryl/α,β-unsaturated/α-hetero) is 1. The summed E-state index contributed by atoms with van der Waals surface area (Å²) in [6.07, 6.45) is 0.786. The maximum atomic E-state index is 11.6. The molecule has 1 aromatic rings. The fourth-order valence-electron chi connectivity index (χ4n) is 2.24. The fourth-order valence-corrected chi connectivity index (χ4v) is 2.24. The molecule has 0 radical (unpaired) electrons. The molecule has 1 heterocycles. The molecule has 1 aromatic carbocycles. The minimum atomic E-state index is -0.313. The lowest BCUT2D eigenvalue weighted by Gasteiger charge is -2.17. The predicted molar refractivity (Wildman–Crippen MR) is 64.4 cm³/mol. The Morgan fingerprint density at radius 2 is 2.18 bits per heavy atom. The van der Waals surface area contributed by atoms with Crippen LogP contribution < -0.4 is 4.90 Å². The monoisotopic (exact) mass is 233 g/mol. The van der Waals surface area contributed by atoms with Gasteiger partial charge in [-0.05, 0) is 31.0 Å². The average Bonchev–Trinajstić information content (AvgIpc) is 2.71. The second kappa shape index (κ2) is 4.57. The molecule has 4 nitrogen and oxygen atoms in total. The Morgan fingerprint density at radius 1 is 1.41 bits per heavy atom. The van der Waals surface area contributed by atoms with Gasteiger partial charge in [-0.3, -0.25) is 4.79 Å². The summed E-state index contributed by atoms with van der Waals surface area (Å²) >= 11 is 0. The van der Waals surface area contributed by atoms with Gasteiger partial charge in [0, 0.05) is 12.2 Å². The normalized spacial score (nSPS) is 13.4. The molecule has 0 atom stereocenters. The molecule has 0 amide bonds. The van der Waals surface area contributed by atoms with E-state index in [9.17, 15) is 9.59 Å². The van der Waals surface area contributed by atoms with E-state index in [2.05, 4.69) is 0 Å². The second-order valence-corrected chi connectivity index (χ2v) is 4.17. The van der Waals surface area contributed by atoms with Gasteiger partial charge in [-0.1, -0.05) is 6.07 Å². The van der Waals surface area contributed by atoms with Crippen molar-refractivity contribution in [1.29, 1.82) is 0 Å². The van der Waals surface area contributed by atoms with Crippen LogP contribution in [0.25, 0.3) is 0 Å². The predicted octanol–water partition coefficient (Wildman–Crippen LogP) is 1.42. The molecule has 0 bridgehead atoms. The summed E-state index contributed by atoms with van der Waals surface area (Å²) < 4.78 is 4.75. The minimum Gasteiger partial charge on any atom is -0.465 e. The van der Waals surface area contributed by atoms with Crippen molar-refractivity contribution < 1.29 is 14.3 Å². The molecule has 0 aromatic heterocycles. The number of hydrogen-bond acceptors (Lipinski definition) is 4. The van der Waals surface area contributed by atoms with Gasteiger partial charge in [0.2, 0.25) is 0 Å². The van der Waals surface area contributed by atoms with Crippen molar-refractivity contribution in [2.45, 2.75) is 13.3 Å². The first-order valence-corrected chi connectivity index (χ1v) is 5.58. The standard InChI is InChI=1S/C13H15NO3/c1-9(15)8-14-7-6-10-11(13(16)17-2)4-3-5-12(10)14/h3-5H,6-8H2,1-2H3. The van der Waals surface area contributed by atoms with Crippen LogP contribution in [0.4, 0.5) is 5.69 Å². The van der Waals surface area contributed by atoms with Crippen LogP contribution in [-0.4, -0.2) is 32.0 Å². The van der Waals surface area contributed by atoms with Crippen molar-refractivity contribution in [3.8, 4) is 0 Å². The van der Waals surface area contributed by atoms with Gasteiger partial charge in [0.25, 0.3) is 0 Å². The first kappa shape index (κ1) is 11.6. The summed E-state index contributed by atoms with van der Waals surface area (Å²) in [6.45, 7) is 2.75. The van der Waals surface area contributed by atoms with Crippen LogP contribution in [0.15, 0.2) is 18.2 Å². The molecule has 1 aliphatic heterocycles. The topological polar surface area (TPSA) is 46.6 Å². The van der Waals surface area contributed by atoms with E-state index in [1.165, 1.54) is 7.11 Å². The van der Waals surface area contributed by atoms with E-state index in [4.69, 9.17) is 4.74 Å². The lowest BCUT2D eigenvalue weighted by Crippen LogP contribution is -2.26. The summed E-state index contributed by atoms with van der Waals surface area (Å²) in [4.78, 5) is 24.7. The zero-order chi connectivity index (χ0) is 12.4. The number of esters is 1. The van der Waals surface area contributed by atoms with Crippen LogP contribution in [0.1, 0.15) is 22.8 Å². The molecular weight excluding hydrogens is 218 g/mol. The maximum Gasteiger partial charge on any atom is 0.338 e. The number of anilines is 1. The Bertz CT molecular complexity index is 468. The zero-order valence-corrected chi connectivity index (χ0v) is 10.0. The minimum absolute atomic E-state index is 0.126. The van der Waals surface area contributed by atoms with E-state index in [1.807, 2.05) is 17.0 Å². The van der Waals surface area contributed by atoms with Gasteiger partial charge in [0.15, 0.2) is 0 Å². The Labute approximate surface area is 100 Å². The van der Waals surface area contributed by atoms with Gasteiger partial charge >= 0.3 is 5.97 Å². The second-order valence-electron chi connectivity index (χ2n) is 4.17. The highest BCUT2D eigenvalue weighted by atomic mass is 16.5. The molecule has 17 heavy (non-hydrogen) atoms. The zero-order valence-electron chi connectivity index (χ0n) is 10.0. The number of benzene rings is 1. The molecule has 4 heteroatoms. The van der Waals surface area contributed by atoms with Crippen LogP contribution in [0, 0.1) is 0 Å². The van der Waals surface area contributed by atoms with Gasteiger partial charge in [0.1, 0.15) is 5.78 Å². The van der Waals surface area contributed by atoms with E-state index in [-0.39, 0.29) is 11.8 Å². The van der Waals surface area contributed by atoms with Crippen molar-refractivity contribution in [1.82, 2.24) is 0 Å². The van der Waals surface area contributed by atoms with Crippen LogP contribution in [0.5, 0.6) is 0 Å². The van der Waals surface area contributed by atoms with Gasteiger partial charge in [-0.15, -0.1) is 0 Å². The van der Waals surface area contributed by atoms with E-state index in [0.29, 0.717) is 12.1 Å². The number of rotatable bonds is 3. The Balaban J connectivity index is 2.35. The molecule has 2 rings (SSSR count). The Morgan fingerprint density at radius 3 is 2.82 bits per heavy atom. The number of carbonyl (C=O) groups excluding carboxylic acids is 2.